The number of benzene rings is 2. The first-order chi connectivity index (χ1) is 18.3. The Morgan fingerprint density at radius 1 is 0.947 bits per heavy atom. The average Bonchev–Trinajstić information content (AvgIpc) is 3.28. The molecule has 2 aromatic heterocycles. The van der Waals surface area contributed by atoms with Crippen LogP contribution in [0.15, 0.2) is 72.9 Å². The number of aryl methyl sites for hydroxylation is 1. The summed E-state index contributed by atoms with van der Waals surface area (Å²) in [6.45, 7) is 1.95. The fourth-order valence-corrected chi connectivity index (χ4v) is 5.38. The van der Waals surface area contributed by atoms with E-state index in [2.05, 4.69) is 10.4 Å². The number of aliphatic hydroxyl groups is 1. The first kappa shape index (κ1) is 26.1. The Balaban J connectivity index is 1.47. The lowest BCUT2D eigenvalue weighted by molar-refractivity contribution is -0.142. The molecule has 5 nitrogen and oxygen atoms in total. The Morgan fingerprint density at radius 3 is 2.42 bits per heavy atom. The number of halogens is 3. The number of hydrogen-bond donors (Lipinski definition) is 2. The number of nitrogens with one attached hydrogen (secondary N) is 1. The predicted molar refractivity (Wildman–Crippen MR) is 140 cm³/mol. The van der Waals surface area contributed by atoms with E-state index in [0.717, 1.165) is 34.4 Å². The van der Waals surface area contributed by atoms with Crippen LogP contribution in [-0.2, 0) is 32.0 Å². The zero-order chi connectivity index (χ0) is 26.7. The van der Waals surface area contributed by atoms with E-state index in [1.54, 1.807) is 6.20 Å². The van der Waals surface area contributed by atoms with E-state index in [9.17, 15) is 18.3 Å². The normalized spacial score (nSPS) is 15.2. The first-order valence-electron chi connectivity index (χ1n) is 13.0. The zero-order valence-electron chi connectivity index (χ0n) is 21.2. The smallest absolute Gasteiger partial charge is 0.377 e. The molecule has 5 rings (SSSR count). The van der Waals surface area contributed by atoms with Crippen molar-refractivity contribution in [2.45, 2.75) is 64.0 Å². The van der Waals surface area contributed by atoms with E-state index >= 15 is 0 Å². The first-order valence-corrected chi connectivity index (χ1v) is 13.0. The molecular formula is C30H31F3N4O. The number of alkyl halides is 3. The van der Waals surface area contributed by atoms with Crippen molar-refractivity contribution in [2.75, 3.05) is 0 Å². The van der Waals surface area contributed by atoms with Crippen molar-refractivity contribution >= 4 is 0 Å². The second-order valence-electron chi connectivity index (χ2n) is 9.84. The molecule has 2 atom stereocenters. The summed E-state index contributed by atoms with van der Waals surface area (Å²) in [5.41, 5.74) is 4.92. The van der Waals surface area contributed by atoms with Crippen molar-refractivity contribution in [3.8, 4) is 11.1 Å². The van der Waals surface area contributed by atoms with Crippen LogP contribution >= 0.6 is 0 Å². The Morgan fingerprint density at radius 2 is 1.66 bits per heavy atom. The molecule has 2 heterocycles. The highest BCUT2D eigenvalue weighted by Crippen LogP contribution is 2.36. The highest BCUT2D eigenvalue weighted by atomic mass is 19.4. The Kier molecular flexibility index (Phi) is 7.63. The SMILES string of the molecule is Cc1ccccc1-c1cccnc1C(Cc1ccccc1)NC(O)Cn1nc(C(F)(F)F)c2c1CCCC2. The molecule has 1 aliphatic rings. The Labute approximate surface area is 220 Å². The molecule has 0 saturated carbocycles. The van der Waals surface area contributed by atoms with Crippen LogP contribution in [0, 0.1) is 6.92 Å². The summed E-state index contributed by atoms with van der Waals surface area (Å²) in [7, 11) is 0. The number of hydrogen-bond acceptors (Lipinski definition) is 4. The van der Waals surface area contributed by atoms with Crippen LogP contribution in [0.2, 0.25) is 0 Å². The molecule has 8 heteroatoms. The lowest BCUT2D eigenvalue weighted by Gasteiger charge is -2.25. The summed E-state index contributed by atoms with van der Waals surface area (Å²) >= 11 is 0. The fourth-order valence-electron chi connectivity index (χ4n) is 5.38. The van der Waals surface area contributed by atoms with Crippen LogP contribution < -0.4 is 5.32 Å². The van der Waals surface area contributed by atoms with Crippen molar-refractivity contribution in [1.29, 1.82) is 0 Å². The molecule has 38 heavy (non-hydrogen) atoms. The van der Waals surface area contributed by atoms with E-state index in [1.165, 1.54) is 4.68 Å². The van der Waals surface area contributed by atoms with Crippen LogP contribution in [0.3, 0.4) is 0 Å². The Hall–Kier alpha value is -3.49. The number of rotatable bonds is 8. The number of aromatic nitrogens is 3. The van der Waals surface area contributed by atoms with E-state index in [0.29, 0.717) is 31.4 Å². The molecule has 0 spiro atoms. The number of fused-ring (bicyclic) bond motifs is 1. The van der Waals surface area contributed by atoms with E-state index in [1.807, 2.05) is 73.7 Å². The molecule has 198 valence electrons. The molecule has 1 aliphatic carbocycles. The molecule has 0 aliphatic heterocycles. The van der Waals surface area contributed by atoms with Gasteiger partial charge in [0, 0.05) is 23.0 Å². The summed E-state index contributed by atoms with van der Waals surface area (Å²) in [5.74, 6) is 0. The maximum Gasteiger partial charge on any atom is 0.435 e. The predicted octanol–water partition coefficient (Wildman–Crippen LogP) is 6.04. The maximum atomic E-state index is 13.7. The van der Waals surface area contributed by atoms with Gasteiger partial charge in [-0.3, -0.25) is 15.0 Å². The van der Waals surface area contributed by atoms with Crippen molar-refractivity contribution in [2.24, 2.45) is 0 Å². The summed E-state index contributed by atoms with van der Waals surface area (Å²) in [5, 5.41) is 18.3. The maximum absolute atomic E-state index is 13.7. The second-order valence-corrected chi connectivity index (χ2v) is 9.84. The minimum Gasteiger partial charge on any atom is -0.377 e. The molecule has 0 saturated heterocycles. The monoisotopic (exact) mass is 520 g/mol. The van der Waals surface area contributed by atoms with Crippen LogP contribution in [0.25, 0.3) is 11.1 Å². The minimum absolute atomic E-state index is 0.0871. The molecule has 0 bridgehead atoms. The largest absolute Gasteiger partial charge is 0.435 e. The average molecular weight is 521 g/mol. The third-order valence-corrected chi connectivity index (χ3v) is 7.15. The third kappa shape index (κ3) is 5.66. The molecule has 0 radical (unpaired) electrons. The molecule has 2 aromatic carbocycles. The van der Waals surface area contributed by atoms with E-state index < -0.39 is 24.1 Å². The zero-order valence-corrected chi connectivity index (χ0v) is 21.2. The summed E-state index contributed by atoms with van der Waals surface area (Å²) in [6, 6.07) is 21.4. The van der Waals surface area contributed by atoms with Crippen LogP contribution in [-0.4, -0.2) is 26.1 Å². The van der Waals surface area contributed by atoms with Crippen molar-refractivity contribution in [3.05, 3.63) is 107 Å². The highest BCUT2D eigenvalue weighted by Gasteiger charge is 2.39. The van der Waals surface area contributed by atoms with Crippen LogP contribution in [0.4, 0.5) is 13.2 Å². The molecule has 0 fully saturated rings. The molecule has 4 aromatic rings. The van der Waals surface area contributed by atoms with Gasteiger partial charge in [-0.05, 0) is 61.8 Å². The second kappa shape index (κ2) is 11.1. The third-order valence-electron chi connectivity index (χ3n) is 7.15. The fraction of sp³-hybridized carbons (Fsp3) is 0.333. The van der Waals surface area contributed by atoms with Gasteiger partial charge in [0.05, 0.1) is 18.3 Å². The van der Waals surface area contributed by atoms with E-state index in [4.69, 9.17) is 4.98 Å². The Bertz CT molecular complexity index is 1380. The minimum atomic E-state index is -4.52. The van der Waals surface area contributed by atoms with Crippen molar-refractivity contribution in [3.63, 3.8) is 0 Å². The van der Waals surface area contributed by atoms with Crippen LogP contribution in [0.5, 0.6) is 0 Å². The summed E-state index contributed by atoms with van der Waals surface area (Å²) in [4.78, 5) is 4.71. The van der Waals surface area contributed by atoms with Gasteiger partial charge in [-0.1, -0.05) is 60.7 Å². The van der Waals surface area contributed by atoms with Crippen molar-refractivity contribution in [1.82, 2.24) is 20.1 Å². The van der Waals surface area contributed by atoms with Gasteiger partial charge in [-0.2, -0.15) is 18.3 Å². The van der Waals surface area contributed by atoms with Gasteiger partial charge < -0.3 is 5.11 Å². The quantitative estimate of drug-likeness (QED) is 0.278. The van der Waals surface area contributed by atoms with Crippen LogP contribution in [0.1, 0.15) is 52.7 Å². The van der Waals surface area contributed by atoms with Gasteiger partial charge in [0.1, 0.15) is 6.23 Å². The number of aliphatic hydroxyl groups excluding tert-OH is 1. The van der Waals surface area contributed by atoms with Gasteiger partial charge in [-0.25, -0.2) is 0 Å². The van der Waals surface area contributed by atoms with E-state index in [-0.39, 0.29) is 12.1 Å². The lowest BCUT2D eigenvalue weighted by atomic mass is 9.93. The number of nitrogens with zero attached hydrogens (tertiary/aromatic N) is 3. The topological polar surface area (TPSA) is 63.0 Å². The van der Waals surface area contributed by atoms with Gasteiger partial charge >= 0.3 is 6.18 Å². The molecule has 0 amide bonds. The van der Waals surface area contributed by atoms with Gasteiger partial charge in [0.15, 0.2) is 5.69 Å². The molecular weight excluding hydrogens is 489 g/mol. The van der Waals surface area contributed by atoms with Gasteiger partial charge in [-0.15, -0.1) is 0 Å². The van der Waals surface area contributed by atoms with Gasteiger partial charge in [0.2, 0.25) is 0 Å². The summed E-state index contributed by atoms with van der Waals surface area (Å²) in [6.07, 6.45) is -0.984. The highest BCUT2D eigenvalue weighted by molar-refractivity contribution is 5.69. The molecule has 2 N–H and O–H groups in total. The van der Waals surface area contributed by atoms with Crippen molar-refractivity contribution < 1.29 is 18.3 Å². The standard InChI is InChI=1S/C30H31F3N4O/c1-20-10-5-6-13-22(20)23-15-9-17-34-28(23)25(18-21-11-3-2-4-12-21)35-27(38)19-37-26-16-8-7-14-24(26)29(36-37)30(31,32)33/h2-6,9-13,15,17,25,27,35,38H,7-8,14,16,18-19H2,1H3. The number of pyridine rings is 1. The molecule has 2 unspecified atom stereocenters. The van der Waals surface area contributed by atoms with Gasteiger partial charge in [0.25, 0.3) is 0 Å². The lowest BCUT2D eigenvalue weighted by Crippen LogP contribution is -2.38. The summed E-state index contributed by atoms with van der Waals surface area (Å²) < 4.78 is 42.4.